The first-order valence-electron chi connectivity index (χ1n) is 6.40. The van der Waals surface area contributed by atoms with Gasteiger partial charge in [-0.1, -0.05) is 28.1 Å². The zero-order valence-electron chi connectivity index (χ0n) is 12.1. The molecule has 3 heteroatoms. The lowest BCUT2D eigenvalue weighted by Gasteiger charge is -2.00. The molecule has 0 saturated carbocycles. The summed E-state index contributed by atoms with van der Waals surface area (Å²) in [4.78, 5) is 7.58. The molecule has 0 bridgehead atoms. The molecule has 0 unspecified atom stereocenters. The minimum atomic E-state index is -2.53. The summed E-state index contributed by atoms with van der Waals surface area (Å²) in [5, 5.41) is 0. The van der Waals surface area contributed by atoms with Gasteiger partial charge in [-0.15, -0.1) is 0 Å². The molecule has 1 heterocycles. The van der Waals surface area contributed by atoms with Gasteiger partial charge in [0.15, 0.2) is 0 Å². The largest absolute Gasteiger partial charge is 0.258 e. The number of aryl methyl sites for hydroxylation is 1. The normalized spacial score (nSPS) is 16.2. The number of halogens is 1. The van der Waals surface area contributed by atoms with E-state index in [2.05, 4.69) is 25.9 Å². The van der Waals surface area contributed by atoms with Crippen molar-refractivity contribution in [1.29, 1.82) is 0 Å². The second-order valence-corrected chi connectivity index (χ2v) is 3.57. The van der Waals surface area contributed by atoms with Crippen LogP contribution in [0.2, 0.25) is 0 Å². The molecule has 1 aromatic carbocycles. The number of hydrogen-bond acceptors (Lipinski definition) is 2. The van der Waals surface area contributed by atoms with Crippen LogP contribution in [-0.4, -0.2) is 9.97 Å². The molecule has 0 aliphatic carbocycles. The van der Waals surface area contributed by atoms with E-state index >= 15 is 0 Å². The van der Waals surface area contributed by atoms with E-state index in [-0.39, 0.29) is 11.9 Å². The molecule has 0 saturated heterocycles. The fourth-order valence-electron chi connectivity index (χ4n) is 1.03. The molecule has 0 fully saturated rings. The van der Waals surface area contributed by atoms with Crippen molar-refractivity contribution >= 4 is 15.9 Å². The van der Waals surface area contributed by atoms with Gasteiger partial charge in [-0.25, -0.2) is 0 Å². The molecule has 0 aliphatic rings. The predicted octanol–water partition coefficient (Wildman–Crippen LogP) is 3.21. The molecular weight excluding hydrogens is 240 g/mol. The minimum Gasteiger partial charge on any atom is -0.258 e. The van der Waals surface area contributed by atoms with Crippen molar-refractivity contribution in [1.82, 2.24) is 9.97 Å². The van der Waals surface area contributed by atoms with E-state index < -0.39 is 18.7 Å². The maximum absolute atomic E-state index is 7.77. The number of benzene rings is 1. The van der Waals surface area contributed by atoms with Gasteiger partial charge in [0.1, 0.15) is 0 Å². The molecule has 0 aliphatic heterocycles. The summed E-state index contributed by atoms with van der Waals surface area (Å²) < 4.78 is 37.9. The van der Waals surface area contributed by atoms with Gasteiger partial charge in [-0.2, -0.15) is 0 Å². The SMILES string of the molecule is [2H]c1nc(C([2H])([2H])[2H])c([2H])nc1-c1cccc(Br)c1. The first-order valence-corrected chi connectivity index (χ1v) is 4.70. The van der Waals surface area contributed by atoms with Crippen LogP contribution in [0.25, 0.3) is 11.3 Å². The van der Waals surface area contributed by atoms with E-state index in [1.54, 1.807) is 18.2 Å². The fourth-order valence-corrected chi connectivity index (χ4v) is 1.43. The van der Waals surface area contributed by atoms with Crippen LogP contribution in [0, 0.1) is 6.85 Å². The Morgan fingerprint density at radius 2 is 2.29 bits per heavy atom. The number of aromatic nitrogens is 2. The van der Waals surface area contributed by atoms with Crippen LogP contribution in [0.4, 0.5) is 0 Å². The average Bonchev–Trinajstić information content (AvgIpc) is 2.30. The van der Waals surface area contributed by atoms with E-state index in [1.807, 2.05) is 6.07 Å². The Morgan fingerprint density at radius 1 is 1.36 bits per heavy atom. The second-order valence-electron chi connectivity index (χ2n) is 2.65. The van der Waals surface area contributed by atoms with Gasteiger partial charge < -0.3 is 0 Å². The van der Waals surface area contributed by atoms with Crippen molar-refractivity contribution in [2.75, 3.05) is 0 Å². The summed E-state index contributed by atoms with van der Waals surface area (Å²) in [6, 6.07) is 7.04. The molecule has 2 nitrogen and oxygen atoms in total. The van der Waals surface area contributed by atoms with Gasteiger partial charge in [0.05, 0.1) is 20.3 Å². The molecule has 2 aromatic rings. The maximum atomic E-state index is 7.77. The van der Waals surface area contributed by atoms with E-state index in [0.29, 0.717) is 5.56 Å². The lowest BCUT2D eigenvalue weighted by Crippen LogP contribution is -1.87. The van der Waals surface area contributed by atoms with Gasteiger partial charge >= 0.3 is 0 Å². The first-order chi connectivity index (χ1) is 8.79. The zero-order valence-corrected chi connectivity index (χ0v) is 8.67. The van der Waals surface area contributed by atoms with Gasteiger partial charge in [0.2, 0.25) is 0 Å². The summed E-state index contributed by atoms with van der Waals surface area (Å²) in [7, 11) is 0. The number of hydrogen-bond donors (Lipinski definition) is 0. The summed E-state index contributed by atoms with van der Waals surface area (Å²) in [5.74, 6) is 0. The van der Waals surface area contributed by atoms with E-state index in [0.717, 1.165) is 4.47 Å². The van der Waals surface area contributed by atoms with Crippen molar-refractivity contribution in [3.05, 3.63) is 46.8 Å². The number of nitrogens with zero attached hydrogens (tertiary/aromatic N) is 2. The van der Waals surface area contributed by atoms with Crippen molar-refractivity contribution < 1.29 is 6.85 Å². The van der Waals surface area contributed by atoms with Gasteiger partial charge in [-0.3, -0.25) is 9.97 Å². The molecular formula is C11H9BrN2. The Kier molecular flexibility index (Phi) is 1.39. The summed E-state index contributed by atoms with van der Waals surface area (Å²) >= 11 is 3.30. The Labute approximate surface area is 98.2 Å². The Hall–Kier alpha value is -1.22. The fraction of sp³-hybridized carbons (Fsp3) is 0.0909. The predicted molar refractivity (Wildman–Crippen MR) is 59.9 cm³/mol. The lowest BCUT2D eigenvalue weighted by molar-refractivity contribution is 1.12. The van der Waals surface area contributed by atoms with Crippen LogP contribution in [-0.2, 0) is 0 Å². The summed E-state index contributed by atoms with van der Waals surface area (Å²) in [6.45, 7) is -2.53. The van der Waals surface area contributed by atoms with Crippen molar-refractivity contribution in [3.8, 4) is 11.3 Å². The van der Waals surface area contributed by atoms with Crippen LogP contribution in [0.1, 0.15) is 12.5 Å². The topological polar surface area (TPSA) is 25.8 Å². The molecule has 0 amide bonds. The van der Waals surface area contributed by atoms with Crippen LogP contribution in [0.3, 0.4) is 0 Å². The van der Waals surface area contributed by atoms with Crippen molar-refractivity contribution in [3.63, 3.8) is 0 Å². The van der Waals surface area contributed by atoms with Crippen molar-refractivity contribution in [2.24, 2.45) is 0 Å². The summed E-state index contributed by atoms with van der Waals surface area (Å²) in [6.07, 6.45) is -0.675. The smallest absolute Gasteiger partial charge is 0.0885 e. The molecule has 0 N–H and O–H groups in total. The molecule has 0 spiro atoms. The molecule has 0 radical (unpaired) electrons. The molecule has 14 heavy (non-hydrogen) atoms. The first kappa shape index (κ1) is 5.03. The summed E-state index contributed by atoms with van der Waals surface area (Å²) in [5.41, 5.74) is 0.355. The van der Waals surface area contributed by atoms with E-state index in [4.69, 9.17) is 6.85 Å². The third kappa shape index (κ3) is 1.99. The molecule has 2 rings (SSSR count). The highest BCUT2D eigenvalue weighted by Crippen LogP contribution is 2.20. The minimum absolute atomic E-state index is 0.194. The van der Waals surface area contributed by atoms with Crippen LogP contribution in [0.15, 0.2) is 41.1 Å². The zero-order chi connectivity index (χ0) is 14.2. The highest BCUT2D eigenvalue weighted by Gasteiger charge is 1.99. The van der Waals surface area contributed by atoms with E-state index in [9.17, 15) is 0 Å². The van der Waals surface area contributed by atoms with Crippen LogP contribution in [0.5, 0.6) is 0 Å². The van der Waals surface area contributed by atoms with Gasteiger partial charge in [-0.05, 0) is 19.0 Å². The monoisotopic (exact) mass is 253 g/mol. The average molecular weight is 254 g/mol. The Bertz CT molecular complexity index is 627. The van der Waals surface area contributed by atoms with Crippen molar-refractivity contribution in [2.45, 2.75) is 6.85 Å². The third-order valence-electron chi connectivity index (χ3n) is 1.65. The number of rotatable bonds is 1. The second kappa shape index (κ2) is 3.88. The lowest BCUT2D eigenvalue weighted by atomic mass is 10.2. The van der Waals surface area contributed by atoms with E-state index in [1.165, 1.54) is 0 Å². The van der Waals surface area contributed by atoms with Crippen LogP contribution < -0.4 is 0 Å². The standard InChI is InChI=1S/C11H9BrN2/c1-8-6-14-11(7-13-8)9-3-2-4-10(12)5-9/h2-7H,1H3/i1D3,6D,7D. The molecule has 1 aromatic heterocycles. The molecule has 0 atom stereocenters. The Morgan fingerprint density at radius 3 is 3.07 bits per heavy atom. The molecule has 70 valence electrons. The Balaban J connectivity index is 2.59. The van der Waals surface area contributed by atoms with Crippen LogP contribution >= 0.6 is 15.9 Å². The van der Waals surface area contributed by atoms with Gasteiger partial charge in [0, 0.05) is 20.3 Å². The maximum Gasteiger partial charge on any atom is 0.0885 e. The van der Waals surface area contributed by atoms with Gasteiger partial charge in [0.25, 0.3) is 0 Å². The quantitative estimate of drug-likeness (QED) is 0.780. The highest BCUT2D eigenvalue weighted by atomic mass is 79.9. The third-order valence-corrected chi connectivity index (χ3v) is 2.14. The highest BCUT2D eigenvalue weighted by molar-refractivity contribution is 9.10.